The summed E-state index contributed by atoms with van der Waals surface area (Å²) < 4.78 is 36.9. The number of alkyl halides is 2. The lowest BCUT2D eigenvalue weighted by Gasteiger charge is -2.56. The van der Waals surface area contributed by atoms with E-state index in [4.69, 9.17) is 9.47 Å². The number of benzene rings is 1. The lowest BCUT2D eigenvalue weighted by Crippen LogP contribution is -2.55. The first-order chi connectivity index (χ1) is 12.9. The van der Waals surface area contributed by atoms with E-state index in [0.717, 1.165) is 5.39 Å². The molecule has 0 bridgehead atoms. The van der Waals surface area contributed by atoms with Crippen molar-refractivity contribution in [1.82, 2.24) is 4.98 Å². The molecule has 0 atom stereocenters. The summed E-state index contributed by atoms with van der Waals surface area (Å²) in [6, 6.07) is 9.35. The van der Waals surface area contributed by atoms with Gasteiger partial charge in [0.1, 0.15) is 30.6 Å². The molecular weight excluding hydrogens is 354 g/mol. The smallest absolute Gasteiger partial charge is 0.309 e. The van der Waals surface area contributed by atoms with Crippen molar-refractivity contribution in [3.05, 3.63) is 36.0 Å². The largest absolute Gasteiger partial charge is 0.488 e. The van der Waals surface area contributed by atoms with Gasteiger partial charge in [0.05, 0.1) is 11.4 Å². The number of carbonyl (C=O) groups excluding carboxylic acids is 1. The van der Waals surface area contributed by atoms with Gasteiger partial charge in [-0.2, -0.15) is 5.26 Å². The van der Waals surface area contributed by atoms with Gasteiger partial charge in [-0.1, -0.05) is 12.1 Å². The molecule has 2 aliphatic carbocycles. The van der Waals surface area contributed by atoms with E-state index < -0.39 is 5.92 Å². The zero-order valence-corrected chi connectivity index (χ0v) is 14.6. The zero-order valence-electron chi connectivity index (χ0n) is 14.6. The van der Waals surface area contributed by atoms with Crippen LogP contribution in [0.3, 0.4) is 0 Å². The number of fused-ring (bicyclic) bond motifs is 1. The van der Waals surface area contributed by atoms with Crippen molar-refractivity contribution in [1.29, 1.82) is 5.26 Å². The van der Waals surface area contributed by atoms with E-state index in [2.05, 4.69) is 4.98 Å². The Balaban J connectivity index is 1.28. The molecule has 0 radical (unpaired) electrons. The number of nitriles is 1. The third-order valence-corrected chi connectivity index (χ3v) is 5.38. The van der Waals surface area contributed by atoms with Crippen LogP contribution in [-0.4, -0.2) is 30.1 Å². The number of hydrogen-bond donors (Lipinski definition) is 0. The van der Waals surface area contributed by atoms with Gasteiger partial charge < -0.3 is 9.47 Å². The molecule has 1 spiro atoms. The fourth-order valence-electron chi connectivity index (χ4n) is 4.24. The van der Waals surface area contributed by atoms with E-state index in [-0.39, 0.29) is 43.4 Å². The number of carbonyl (C=O) groups is 1. The highest BCUT2D eigenvalue weighted by Gasteiger charge is 2.63. The normalized spacial score (nSPS) is 19.7. The van der Waals surface area contributed by atoms with Crippen LogP contribution in [0.25, 0.3) is 10.9 Å². The predicted molar refractivity (Wildman–Crippen MR) is 92.3 cm³/mol. The first-order valence-electron chi connectivity index (χ1n) is 8.87. The number of nitrogens with zero attached hydrogens (tertiary/aromatic N) is 2. The standard InChI is InChI=1S/C20H18F2N2O3/c21-20(22)11-19(12-20)7-13(8-19)18(25)27-6-5-26-17-14(9-23)10-24-16-4-2-1-3-15(16)17/h1-4,10,13H,5-8,11-12H2. The number of rotatable bonds is 5. The summed E-state index contributed by atoms with van der Waals surface area (Å²) in [4.78, 5) is 16.2. The Kier molecular flexibility index (Phi) is 4.22. The Morgan fingerprint density at radius 3 is 2.70 bits per heavy atom. The van der Waals surface area contributed by atoms with Crippen LogP contribution in [0.1, 0.15) is 31.2 Å². The number of pyridine rings is 1. The van der Waals surface area contributed by atoms with Crippen LogP contribution in [0, 0.1) is 22.7 Å². The highest BCUT2D eigenvalue weighted by molar-refractivity contribution is 5.87. The molecule has 0 aliphatic heterocycles. The minimum Gasteiger partial charge on any atom is -0.488 e. The maximum Gasteiger partial charge on any atom is 0.309 e. The van der Waals surface area contributed by atoms with Crippen molar-refractivity contribution in [2.45, 2.75) is 31.6 Å². The summed E-state index contributed by atoms with van der Waals surface area (Å²) in [5, 5.41) is 9.96. The molecule has 0 amide bonds. The summed E-state index contributed by atoms with van der Waals surface area (Å²) in [6.07, 6.45) is 2.19. The molecule has 0 saturated heterocycles. The van der Waals surface area contributed by atoms with Crippen LogP contribution in [-0.2, 0) is 9.53 Å². The Bertz CT molecular complexity index is 922. The SMILES string of the molecule is N#Cc1cnc2ccccc2c1OCCOC(=O)C1CC2(C1)CC(F)(F)C2. The number of aromatic nitrogens is 1. The molecule has 140 valence electrons. The van der Waals surface area contributed by atoms with Crippen LogP contribution in [0.4, 0.5) is 8.78 Å². The number of esters is 1. The van der Waals surface area contributed by atoms with Gasteiger partial charge in [0.2, 0.25) is 5.92 Å². The van der Waals surface area contributed by atoms with Crippen LogP contribution in [0.5, 0.6) is 5.75 Å². The first-order valence-corrected chi connectivity index (χ1v) is 8.87. The lowest BCUT2D eigenvalue weighted by molar-refractivity contribution is -0.214. The Morgan fingerprint density at radius 1 is 1.26 bits per heavy atom. The molecule has 1 heterocycles. The van der Waals surface area contributed by atoms with Crippen molar-refractivity contribution in [3.8, 4) is 11.8 Å². The second-order valence-corrected chi connectivity index (χ2v) is 7.46. The van der Waals surface area contributed by atoms with Gasteiger partial charge in [-0.25, -0.2) is 8.78 Å². The maximum absolute atomic E-state index is 13.0. The zero-order chi connectivity index (χ0) is 19.1. The van der Waals surface area contributed by atoms with E-state index in [0.29, 0.717) is 29.7 Å². The van der Waals surface area contributed by atoms with Gasteiger partial charge in [-0.15, -0.1) is 0 Å². The fourth-order valence-corrected chi connectivity index (χ4v) is 4.24. The average Bonchev–Trinajstić information content (AvgIpc) is 2.60. The molecule has 0 unspecified atom stereocenters. The summed E-state index contributed by atoms with van der Waals surface area (Å²) in [7, 11) is 0. The second kappa shape index (κ2) is 6.45. The topological polar surface area (TPSA) is 72.2 Å². The number of ether oxygens (including phenoxy) is 2. The maximum atomic E-state index is 13.0. The Morgan fingerprint density at radius 2 is 2.00 bits per heavy atom. The molecule has 2 saturated carbocycles. The molecule has 7 heteroatoms. The fraction of sp³-hybridized carbons (Fsp3) is 0.450. The van der Waals surface area contributed by atoms with Crippen molar-refractivity contribution >= 4 is 16.9 Å². The molecule has 27 heavy (non-hydrogen) atoms. The van der Waals surface area contributed by atoms with Gasteiger partial charge in [-0.3, -0.25) is 9.78 Å². The van der Waals surface area contributed by atoms with Crippen molar-refractivity contribution in [2.24, 2.45) is 11.3 Å². The number of hydrogen-bond acceptors (Lipinski definition) is 5. The predicted octanol–water partition coefficient (Wildman–Crippen LogP) is 3.85. The van der Waals surface area contributed by atoms with Gasteiger partial charge in [-0.05, 0) is 30.4 Å². The lowest BCUT2D eigenvalue weighted by atomic mass is 9.50. The molecule has 4 rings (SSSR count). The highest BCUT2D eigenvalue weighted by atomic mass is 19.3. The van der Waals surface area contributed by atoms with Crippen molar-refractivity contribution in [3.63, 3.8) is 0 Å². The molecule has 2 aromatic rings. The molecule has 2 aliphatic rings. The monoisotopic (exact) mass is 372 g/mol. The molecular formula is C20H18F2N2O3. The third kappa shape index (κ3) is 3.32. The van der Waals surface area contributed by atoms with Crippen molar-refractivity contribution in [2.75, 3.05) is 13.2 Å². The van der Waals surface area contributed by atoms with E-state index in [1.54, 1.807) is 0 Å². The third-order valence-electron chi connectivity index (χ3n) is 5.38. The second-order valence-electron chi connectivity index (χ2n) is 7.46. The van der Waals surface area contributed by atoms with E-state index in [9.17, 15) is 18.8 Å². The molecule has 2 fully saturated rings. The van der Waals surface area contributed by atoms with Crippen LogP contribution in [0.2, 0.25) is 0 Å². The number of para-hydroxylation sites is 1. The van der Waals surface area contributed by atoms with Crippen LogP contribution >= 0.6 is 0 Å². The van der Waals surface area contributed by atoms with Crippen molar-refractivity contribution < 1.29 is 23.0 Å². The minimum atomic E-state index is -2.56. The summed E-state index contributed by atoms with van der Waals surface area (Å²) in [5.41, 5.74) is 0.675. The quantitative estimate of drug-likeness (QED) is 0.589. The molecule has 0 N–H and O–H groups in total. The Labute approximate surface area is 154 Å². The summed E-state index contributed by atoms with van der Waals surface area (Å²) in [6.45, 7) is 0.143. The van der Waals surface area contributed by atoms with Gasteiger partial charge in [0.25, 0.3) is 0 Å². The minimum absolute atomic E-state index is 0.0417. The van der Waals surface area contributed by atoms with Gasteiger partial charge in [0, 0.05) is 24.4 Å². The van der Waals surface area contributed by atoms with Crippen LogP contribution < -0.4 is 4.74 Å². The summed E-state index contributed by atoms with van der Waals surface area (Å²) in [5.74, 6) is -2.80. The number of halogens is 2. The Hall–Kier alpha value is -2.75. The van der Waals surface area contributed by atoms with E-state index >= 15 is 0 Å². The van der Waals surface area contributed by atoms with E-state index in [1.807, 2.05) is 30.3 Å². The molecule has 5 nitrogen and oxygen atoms in total. The summed E-state index contributed by atoms with van der Waals surface area (Å²) >= 11 is 0. The molecule has 1 aromatic carbocycles. The van der Waals surface area contributed by atoms with Gasteiger partial charge >= 0.3 is 5.97 Å². The van der Waals surface area contributed by atoms with E-state index in [1.165, 1.54) is 6.20 Å². The highest BCUT2D eigenvalue weighted by Crippen LogP contribution is 2.64. The van der Waals surface area contributed by atoms with Crippen LogP contribution in [0.15, 0.2) is 30.5 Å². The molecule has 1 aromatic heterocycles. The first kappa shape index (κ1) is 17.7. The van der Waals surface area contributed by atoms with Gasteiger partial charge in [0.15, 0.2) is 0 Å². The average molecular weight is 372 g/mol.